The zero-order valence-corrected chi connectivity index (χ0v) is 6.75. The van der Waals surface area contributed by atoms with Crippen LogP contribution in [-0.2, 0) is 0 Å². The minimum absolute atomic E-state index is 1.04. The maximum atomic E-state index is 4.08. The molecule has 1 rings (SSSR count). The van der Waals surface area contributed by atoms with Crippen LogP contribution in [0.15, 0.2) is 23.2 Å². The van der Waals surface area contributed by atoms with Crippen molar-refractivity contribution in [1.82, 2.24) is 4.98 Å². The van der Waals surface area contributed by atoms with Crippen molar-refractivity contribution in [3.05, 3.63) is 24.0 Å². The first-order chi connectivity index (χ1) is 4.34. The molecule has 9 heavy (non-hydrogen) atoms. The van der Waals surface area contributed by atoms with E-state index in [9.17, 15) is 0 Å². The van der Waals surface area contributed by atoms with E-state index < -0.39 is 0 Å². The van der Waals surface area contributed by atoms with E-state index in [1.807, 2.05) is 19.1 Å². The predicted molar refractivity (Wildman–Crippen MR) is 43.8 cm³/mol. The third kappa shape index (κ3) is 1.63. The number of thiol groups is 1. The fourth-order valence-electron chi connectivity index (χ4n) is 0.566. The summed E-state index contributed by atoms with van der Waals surface area (Å²) in [5, 5.41) is 0. The summed E-state index contributed by atoms with van der Waals surface area (Å²) in [6.07, 6.45) is 1.78. The first-order valence-electron chi connectivity index (χ1n) is 2.57. The van der Waals surface area contributed by atoms with Crippen LogP contribution >= 0.6 is 22.5 Å². The summed E-state index contributed by atoms with van der Waals surface area (Å²) in [6.45, 7) is 1.97. The van der Waals surface area contributed by atoms with Gasteiger partial charge in [0, 0.05) is 11.1 Å². The van der Waals surface area contributed by atoms with Gasteiger partial charge in [-0.1, -0.05) is 10.8 Å². The molecule has 0 bridgehead atoms. The lowest BCUT2D eigenvalue weighted by atomic mass is 10.4. The summed E-state index contributed by atoms with van der Waals surface area (Å²) < 4.78 is 0. The highest BCUT2D eigenvalue weighted by molar-refractivity contribution is 8.68. The number of nitrogens with zero attached hydrogens (tertiary/aromatic N) is 1. The fraction of sp³-hybridized carbons (Fsp3) is 0.167. The number of pyridine rings is 1. The molecule has 1 aromatic rings. The second kappa shape index (κ2) is 3.13. The molecule has 0 amide bonds. The Hall–Kier alpha value is -0.150. The summed E-state index contributed by atoms with van der Waals surface area (Å²) in [6, 6.07) is 3.91. The predicted octanol–water partition coefficient (Wildman–Crippen LogP) is 2.33. The van der Waals surface area contributed by atoms with Crippen molar-refractivity contribution in [2.45, 2.75) is 11.8 Å². The van der Waals surface area contributed by atoms with Gasteiger partial charge in [-0.15, -0.1) is 11.7 Å². The monoisotopic (exact) mass is 157 g/mol. The van der Waals surface area contributed by atoms with Crippen molar-refractivity contribution in [3.63, 3.8) is 0 Å². The van der Waals surface area contributed by atoms with Gasteiger partial charge in [0.1, 0.15) is 0 Å². The molecule has 1 aromatic heterocycles. The fourth-order valence-corrected chi connectivity index (χ4v) is 1.47. The maximum Gasteiger partial charge on any atom is 0.0516 e. The van der Waals surface area contributed by atoms with Crippen LogP contribution in [0.2, 0.25) is 0 Å². The van der Waals surface area contributed by atoms with Crippen LogP contribution in [0.4, 0.5) is 0 Å². The molecule has 1 heterocycles. The first-order valence-corrected chi connectivity index (χ1v) is 4.44. The topological polar surface area (TPSA) is 12.9 Å². The van der Waals surface area contributed by atoms with Crippen LogP contribution < -0.4 is 0 Å². The van der Waals surface area contributed by atoms with Crippen molar-refractivity contribution in [3.8, 4) is 0 Å². The molecule has 0 N–H and O–H groups in total. The Balaban J connectivity index is 3.01. The van der Waals surface area contributed by atoms with E-state index in [0.29, 0.717) is 0 Å². The molecule has 3 heteroatoms. The summed E-state index contributed by atoms with van der Waals surface area (Å²) in [5.74, 6) is 0. The van der Waals surface area contributed by atoms with Crippen LogP contribution in [-0.4, -0.2) is 4.98 Å². The van der Waals surface area contributed by atoms with E-state index in [2.05, 4.69) is 16.6 Å². The van der Waals surface area contributed by atoms with Gasteiger partial charge in [0.25, 0.3) is 0 Å². The van der Waals surface area contributed by atoms with E-state index in [1.54, 1.807) is 6.20 Å². The molecular formula is C6H7NS2. The Morgan fingerprint density at radius 1 is 1.67 bits per heavy atom. The van der Waals surface area contributed by atoms with Crippen molar-refractivity contribution in [2.24, 2.45) is 0 Å². The number of rotatable bonds is 1. The van der Waals surface area contributed by atoms with Crippen LogP contribution in [0.5, 0.6) is 0 Å². The van der Waals surface area contributed by atoms with E-state index in [-0.39, 0.29) is 0 Å². The Labute approximate surface area is 63.7 Å². The molecule has 1 nitrogen and oxygen atoms in total. The Morgan fingerprint density at radius 3 is 2.89 bits per heavy atom. The average Bonchev–Trinajstić information content (AvgIpc) is 1.89. The van der Waals surface area contributed by atoms with E-state index in [0.717, 1.165) is 10.6 Å². The van der Waals surface area contributed by atoms with Gasteiger partial charge >= 0.3 is 0 Å². The van der Waals surface area contributed by atoms with Gasteiger partial charge in [0.15, 0.2) is 0 Å². The zero-order valence-electron chi connectivity index (χ0n) is 5.03. The molecule has 0 atom stereocenters. The van der Waals surface area contributed by atoms with Crippen molar-refractivity contribution < 1.29 is 0 Å². The van der Waals surface area contributed by atoms with Gasteiger partial charge in [0.2, 0.25) is 0 Å². The molecular weight excluding hydrogens is 150 g/mol. The molecule has 0 unspecified atom stereocenters. The molecule has 0 spiro atoms. The van der Waals surface area contributed by atoms with Crippen molar-refractivity contribution in [1.29, 1.82) is 0 Å². The first kappa shape index (κ1) is 6.96. The van der Waals surface area contributed by atoms with E-state index >= 15 is 0 Å². The van der Waals surface area contributed by atoms with E-state index in [4.69, 9.17) is 0 Å². The molecule has 0 aliphatic carbocycles. The lowest BCUT2D eigenvalue weighted by molar-refractivity contribution is 1.12. The number of hydrogen-bond donors (Lipinski definition) is 1. The van der Waals surface area contributed by atoms with Crippen molar-refractivity contribution >= 4 is 22.5 Å². The SMILES string of the molecule is Cc1ncccc1SS. The third-order valence-electron chi connectivity index (χ3n) is 1.06. The summed E-state index contributed by atoms with van der Waals surface area (Å²) in [5.41, 5.74) is 1.04. The highest BCUT2D eigenvalue weighted by Gasteiger charge is 1.92. The quantitative estimate of drug-likeness (QED) is 0.496. The van der Waals surface area contributed by atoms with Crippen LogP contribution in [0.3, 0.4) is 0 Å². The van der Waals surface area contributed by atoms with Gasteiger partial charge in [-0.2, -0.15) is 0 Å². The Bertz CT molecular complexity index is 200. The molecule has 0 saturated heterocycles. The van der Waals surface area contributed by atoms with Gasteiger partial charge in [0.05, 0.1) is 5.69 Å². The number of hydrogen-bond acceptors (Lipinski definition) is 3. The lowest BCUT2D eigenvalue weighted by Crippen LogP contribution is -1.79. The number of aryl methyl sites for hydroxylation is 1. The van der Waals surface area contributed by atoms with Crippen LogP contribution in [0.25, 0.3) is 0 Å². The molecule has 0 aliphatic rings. The highest BCUT2D eigenvalue weighted by atomic mass is 33.1. The van der Waals surface area contributed by atoms with Gasteiger partial charge < -0.3 is 0 Å². The third-order valence-corrected chi connectivity index (χ3v) is 2.28. The molecule has 0 aliphatic heterocycles. The van der Waals surface area contributed by atoms with Crippen LogP contribution in [0, 0.1) is 6.92 Å². The highest BCUT2D eigenvalue weighted by Crippen LogP contribution is 2.22. The van der Waals surface area contributed by atoms with Crippen LogP contribution in [0.1, 0.15) is 5.69 Å². The minimum atomic E-state index is 1.04. The number of aromatic nitrogens is 1. The normalized spacial score (nSPS) is 9.56. The van der Waals surface area contributed by atoms with Gasteiger partial charge in [-0.3, -0.25) is 4.98 Å². The van der Waals surface area contributed by atoms with E-state index in [1.165, 1.54) is 10.8 Å². The second-order valence-electron chi connectivity index (χ2n) is 1.68. The standard InChI is InChI=1S/C6H7NS2/c1-5-6(9-8)3-2-4-7-5/h2-4,8H,1H3. The molecule has 0 aromatic carbocycles. The van der Waals surface area contributed by atoms with Gasteiger partial charge in [-0.05, 0) is 19.1 Å². The Morgan fingerprint density at radius 2 is 2.44 bits per heavy atom. The smallest absolute Gasteiger partial charge is 0.0516 e. The maximum absolute atomic E-state index is 4.08. The summed E-state index contributed by atoms with van der Waals surface area (Å²) in [4.78, 5) is 5.21. The average molecular weight is 157 g/mol. The molecule has 48 valence electrons. The lowest BCUT2D eigenvalue weighted by Gasteiger charge is -1.95. The molecule has 0 radical (unpaired) electrons. The summed E-state index contributed by atoms with van der Waals surface area (Å²) >= 11 is 4.06. The Kier molecular flexibility index (Phi) is 2.42. The largest absolute Gasteiger partial charge is 0.260 e. The zero-order chi connectivity index (χ0) is 6.69. The molecule has 0 saturated carbocycles. The van der Waals surface area contributed by atoms with Crippen molar-refractivity contribution in [2.75, 3.05) is 0 Å². The second-order valence-corrected chi connectivity index (χ2v) is 2.85. The molecule has 0 fully saturated rings. The van der Waals surface area contributed by atoms with Gasteiger partial charge in [-0.25, -0.2) is 0 Å². The minimum Gasteiger partial charge on any atom is -0.260 e. The summed E-state index contributed by atoms with van der Waals surface area (Å²) in [7, 11) is 1.43.